The molecule has 6 heavy (non-hydrogen) atoms. The first-order valence-corrected chi connectivity index (χ1v) is 3.62. The van der Waals surface area contributed by atoms with Gasteiger partial charge in [-0.2, -0.15) is 0 Å². The summed E-state index contributed by atoms with van der Waals surface area (Å²) in [5.74, 6) is 0. The van der Waals surface area contributed by atoms with Gasteiger partial charge in [-0.15, -0.1) is 0 Å². The lowest BCUT2D eigenvalue weighted by atomic mass is 10.8. The molecule has 0 saturated heterocycles. The lowest BCUT2D eigenvalue weighted by molar-refractivity contribution is 1.86. The van der Waals surface area contributed by atoms with Crippen molar-refractivity contribution < 1.29 is 0 Å². The van der Waals surface area contributed by atoms with Crippen LogP contribution in [0.2, 0.25) is 0 Å². The number of alkyl halides is 1. The number of halogens is 3. The van der Waals surface area contributed by atoms with E-state index in [1.54, 1.807) is 6.08 Å². The minimum Gasteiger partial charge on any atom is -0.0818 e. The van der Waals surface area contributed by atoms with Gasteiger partial charge in [0, 0.05) is 4.43 Å². The Morgan fingerprint density at radius 2 is 2.17 bits per heavy atom. The molecule has 0 N–H and O–H groups in total. The summed E-state index contributed by atoms with van der Waals surface area (Å²) in [5.41, 5.74) is 0. The van der Waals surface area contributed by atoms with Crippen molar-refractivity contribution >= 4 is 45.8 Å². The molecule has 0 aliphatic carbocycles. The summed E-state index contributed by atoms with van der Waals surface area (Å²) in [6.45, 7) is 0. The second-order valence-corrected chi connectivity index (χ2v) is 2.54. The van der Waals surface area contributed by atoms with E-state index in [4.69, 9.17) is 23.2 Å². The maximum absolute atomic E-state index is 5.20. The highest BCUT2D eigenvalue weighted by Gasteiger charge is 1.74. The number of hydrogen-bond acceptors (Lipinski definition) is 0. The van der Waals surface area contributed by atoms with Crippen molar-refractivity contribution in [3.8, 4) is 0 Å². The predicted octanol–water partition coefficient (Wildman–Crippen LogP) is 2.74. The van der Waals surface area contributed by atoms with Gasteiger partial charge in [0.15, 0.2) is 0 Å². The molecule has 0 amide bonds. The van der Waals surface area contributed by atoms with Crippen LogP contribution in [0.5, 0.6) is 0 Å². The van der Waals surface area contributed by atoms with Crippen LogP contribution < -0.4 is 0 Å². The Bertz CT molecular complexity index is 55.8. The van der Waals surface area contributed by atoms with Crippen LogP contribution in [0.15, 0.2) is 10.6 Å². The average Bonchev–Trinajstić information content (AvgIpc) is 1.35. The van der Waals surface area contributed by atoms with Crippen molar-refractivity contribution in [1.82, 2.24) is 0 Å². The minimum atomic E-state index is 0.351. The molecule has 0 aliphatic heterocycles. The van der Waals surface area contributed by atoms with Gasteiger partial charge in [0.1, 0.15) is 4.49 Å². The fraction of sp³-hybridized carbons (Fsp3) is 0.333. The highest BCUT2D eigenvalue weighted by molar-refractivity contribution is 14.1. The average molecular weight is 237 g/mol. The number of rotatable bonds is 1. The maximum Gasteiger partial charge on any atom is 0.103 e. The van der Waals surface area contributed by atoms with Gasteiger partial charge in [-0.05, 0) is 6.08 Å². The maximum atomic E-state index is 5.20. The van der Waals surface area contributed by atoms with Crippen molar-refractivity contribution in [3.05, 3.63) is 10.6 Å². The van der Waals surface area contributed by atoms with Gasteiger partial charge in [-0.1, -0.05) is 45.8 Å². The lowest BCUT2D eigenvalue weighted by Crippen LogP contribution is -1.54. The SMILES string of the molecule is ClC(Cl)=CCI. The number of allylic oxidation sites excluding steroid dienone is 1. The van der Waals surface area contributed by atoms with Gasteiger partial charge in [0.05, 0.1) is 0 Å². The van der Waals surface area contributed by atoms with E-state index >= 15 is 0 Å². The zero-order chi connectivity index (χ0) is 4.99. The third kappa shape index (κ3) is 5.05. The summed E-state index contributed by atoms with van der Waals surface area (Å²) in [6, 6.07) is 0. The van der Waals surface area contributed by atoms with Gasteiger partial charge in [-0.25, -0.2) is 0 Å². The van der Waals surface area contributed by atoms with Crippen molar-refractivity contribution in [2.24, 2.45) is 0 Å². The Hall–Kier alpha value is 1.05. The van der Waals surface area contributed by atoms with E-state index in [9.17, 15) is 0 Å². The zero-order valence-corrected chi connectivity index (χ0v) is 6.59. The zero-order valence-electron chi connectivity index (χ0n) is 2.92. The molecule has 3 heteroatoms. The molecule has 0 heterocycles. The molecule has 0 nitrogen and oxygen atoms in total. The van der Waals surface area contributed by atoms with Crippen LogP contribution >= 0.6 is 45.8 Å². The summed E-state index contributed by atoms with van der Waals surface area (Å²) in [4.78, 5) is 0. The van der Waals surface area contributed by atoms with E-state index in [2.05, 4.69) is 22.6 Å². The summed E-state index contributed by atoms with van der Waals surface area (Å²) < 4.78 is 1.23. The molecule has 0 unspecified atom stereocenters. The molecular formula is C3H3Cl2I. The first kappa shape index (κ1) is 7.05. The Balaban J connectivity index is 3.14. The van der Waals surface area contributed by atoms with Gasteiger partial charge < -0.3 is 0 Å². The molecule has 0 spiro atoms. The predicted molar refractivity (Wildman–Crippen MR) is 38.7 cm³/mol. The lowest BCUT2D eigenvalue weighted by Gasteiger charge is -1.73. The van der Waals surface area contributed by atoms with Gasteiger partial charge in [-0.3, -0.25) is 0 Å². The van der Waals surface area contributed by atoms with E-state index in [0.717, 1.165) is 4.43 Å². The largest absolute Gasteiger partial charge is 0.103 e. The molecule has 0 bridgehead atoms. The summed E-state index contributed by atoms with van der Waals surface area (Å²) in [7, 11) is 0. The van der Waals surface area contributed by atoms with Crippen molar-refractivity contribution in [2.45, 2.75) is 0 Å². The van der Waals surface area contributed by atoms with Crippen molar-refractivity contribution in [1.29, 1.82) is 0 Å². The van der Waals surface area contributed by atoms with E-state index in [0.29, 0.717) is 4.49 Å². The smallest absolute Gasteiger partial charge is 0.0818 e. The molecule has 0 aliphatic rings. The second-order valence-electron chi connectivity index (χ2n) is 0.648. The highest BCUT2D eigenvalue weighted by atomic mass is 127. The van der Waals surface area contributed by atoms with E-state index < -0.39 is 0 Å². The first-order chi connectivity index (χ1) is 2.77. The van der Waals surface area contributed by atoms with E-state index in [1.807, 2.05) is 0 Å². The van der Waals surface area contributed by atoms with Crippen molar-refractivity contribution in [2.75, 3.05) is 4.43 Å². The molecule has 0 aromatic carbocycles. The van der Waals surface area contributed by atoms with Crippen LogP contribution in [0.25, 0.3) is 0 Å². The highest BCUT2D eigenvalue weighted by Crippen LogP contribution is 2.05. The molecule has 0 aromatic rings. The summed E-state index contributed by atoms with van der Waals surface area (Å²) >= 11 is 12.6. The van der Waals surface area contributed by atoms with Gasteiger partial charge >= 0.3 is 0 Å². The molecule has 0 fully saturated rings. The summed E-state index contributed by atoms with van der Waals surface area (Å²) in [6.07, 6.45) is 1.73. The van der Waals surface area contributed by atoms with Crippen LogP contribution in [0.4, 0.5) is 0 Å². The fourth-order valence-corrected chi connectivity index (χ4v) is 1.17. The second kappa shape index (κ2) is 4.22. The molecule has 0 rings (SSSR count). The monoisotopic (exact) mass is 236 g/mol. The normalized spacial score (nSPS) is 7.83. The molecule has 0 saturated carbocycles. The topological polar surface area (TPSA) is 0 Å². The fourth-order valence-electron chi connectivity index (χ4n) is 0.0583. The molecule has 36 valence electrons. The van der Waals surface area contributed by atoms with Crippen LogP contribution in [0, 0.1) is 0 Å². The van der Waals surface area contributed by atoms with Crippen LogP contribution in [-0.2, 0) is 0 Å². The van der Waals surface area contributed by atoms with E-state index in [-0.39, 0.29) is 0 Å². The van der Waals surface area contributed by atoms with Crippen LogP contribution in [-0.4, -0.2) is 4.43 Å². The molecule has 0 atom stereocenters. The van der Waals surface area contributed by atoms with E-state index in [1.165, 1.54) is 0 Å². The Kier molecular flexibility index (Phi) is 4.95. The minimum absolute atomic E-state index is 0.351. The Morgan fingerprint density at radius 3 is 2.17 bits per heavy atom. The van der Waals surface area contributed by atoms with Crippen LogP contribution in [0.1, 0.15) is 0 Å². The molecule has 0 aromatic heterocycles. The summed E-state index contributed by atoms with van der Waals surface area (Å²) in [5, 5.41) is 0. The molecular weight excluding hydrogens is 234 g/mol. The van der Waals surface area contributed by atoms with Crippen LogP contribution in [0.3, 0.4) is 0 Å². The Labute approximate surface area is 60.6 Å². The quantitative estimate of drug-likeness (QED) is 0.485. The van der Waals surface area contributed by atoms with Gasteiger partial charge in [0.2, 0.25) is 0 Å². The third-order valence-corrected chi connectivity index (χ3v) is 0.980. The standard InChI is InChI=1S/C3H3Cl2I/c4-3(5)1-2-6/h1H,2H2. The molecule has 0 radical (unpaired) electrons. The first-order valence-electron chi connectivity index (χ1n) is 1.34. The number of hydrogen-bond donors (Lipinski definition) is 0. The Morgan fingerprint density at radius 1 is 1.67 bits per heavy atom. The van der Waals surface area contributed by atoms with Gasteiger partial charge in [0.25, 0.3) is 0 Å². The van der Waals surface area contributed by atoms with Crippen molar-refractivity contribution in [3.63, 3.8) is 0 Å². The third-order valence-electron chi connectivity index (χ3n) is 0.231.